The van der Waals surface area contributed by atoms with E-state index in [1.165, 1.54) is 11.8 Å². The molecule has 4 heteroatoms. The highest BCUT2D eigenvalue weighted by Crippen LogP contribution is 2.33. The van der Waals surface area contributed by atoms with Crippen LogP contribution in [0.15, 0.2) is 28.7 Å². The van der Waals surface area contributed by atoms with Crippen molar-refractivity contribution in [1.82, 2.24) is 4.90 Å². The van der Waals surface area contributed by atoms with Crippen LogP contribution in [0, 0.1) is 0 Å². The summed E-state index contributed by atoms with van der Waals surface area (Å²) < 4.78 is 0.995. The van der Waals surface area contributed by atoms with Gasteiger partial charge >= 0.3 is 0 Å². The van der Waals surface area contributed by atoms with Crippen molar-refractivity contribution in [3.63, 3.8) is 0 Å². The molecule has 1 saturated heterocycles. The molecule has 1 atom stereocenters. The van der Waals surface area contributed by atoms with Crippen LogP contribution < -0.4 is 0 Å². The number of likely N-dealkylation sites (tertiary alicyclic amines) is 1. The third kappa shape index (κ3) is 2.02. The largest absolute Gasteiger partial charge is 0.275 e. The van der Waals surface area contributed by atoms with E-state index in [2.05, 4.69) is 15.9 Å². The minimum Gasteiger partial charge on any atom is -0.275 e. The number of carbonyl (C=O) groups is 2. The Hall–Kier alpha value is -1.16. The van der Waals surface area contributed by atoms with Gasteiger partial charge in [0.2, 0.25) is 11.8 Å². The van der Waals surface area contributed by atoms with Crippen LogP contribution in [0.4, 0.5) is 0 Å². The van der Waals surface area contributed by atoms with Crippen LogP contribution in [0.1, 0.15) is 31.4 Å². The second-order valence-corrected chi connectivity index (χ2v) is 4.80. The van der Waals surface area contributed by atoms with Gasteiger partial charge in [0, 0.05) is 17.8 Å². The van der Waals surface area contributed by atoms with Gasteiger partial charge in [-0.3, -0.25) is 14.5 Å². The van der Waals surface area contributed by atoms with Gasteiger partial charge in [0.1, 0.15) is 0 Å². The highest BCUT2D eigenvalue weighted by Gasteiger charge is 2.34. The van der Waals surface area contributed by atoms with Crippen molar-refractivity contribution < 1.29 is 9.59 Å². The Morgan fingerprint density at radius 1 is 1.38 bits per heavy atom. The Bertz CT molecular complexity index is 427. The summed E-state index contributed by atoms with van der Waals surface area (Å²) in [5.74, 6) is -0.240. The van der Waals surface area contributed by atoms with Gasteiger partial charge in [-0.25, -0.2) is 0 Å². The lowest BCUT2D eigenvalue weighted by molar-refractivity contribution is -0.142. The summed E-state index contributed by atoms with van der Waals surface area (Å²) in [6.45, 7) is 1.44. The number of imide groups is 1. The number of hydrogen-bond acceptors (Lipinski definition) is 2. The summed E-state index contributed by atoms with van der Waals surface area (Å²) in [5.41, 5.74) is 1.02. The smallest absolute Gasteiger partial charge is 0.229 e. The average molecular weight is 282 g/mol. The summed E-state index contributed by atoms with van der Waals surface area (Å²) >= 11 is 3.36. The van der Waals surface area contributed by atoms with Crippen molar-refractivity contribution >= 4 is 27.7 Å². The number of rotatable bonds is 1. The van der Waals surface area contributed by atoms with Crippen molar-refractivity contribution in [3.8, 4) is 0 Å². The van der Waals surface area contributed by atoms with Crippen molar-refractivity contribution in [2.75, 3.05) is 0 Å². The predicted octanol–water partition coefficient (Wildman–Crippen LogP) is 2.66. The summed E-state index contributed by atoms with van der Waals surface area (Å²) in [5, 5.41) is 0. The lowest BCUT2D eigenvalue weighted by Gasteiger charge is -2.21. The molecule has 0 unspecified atom stereocenters. The molecule has 3 nitrogen and oxygen atoms in total. The Morgan fingerprint density at radius 2 is 2.00 bits per heavy atom. The van der Waals surface area contributed by atoms with E-state index in [1.54, 1.807) is 0 Å². The van der Waals surface area contributed by atoms with E-state index in [0.717, 1.165) is 16.5 Å². The zero-order valence-corrected chi connectivity index (χ0v) is 10.5. The molecule has 0 aromatic heterocycles. The maximum Gasteiger partial charge on any atom is 0.229 e. The quantitative estimate of drug-likeness (QED) is 0.794. The lowest BCUT2D eigenvalue weighted by atomic mass is 10.0. The first-order valence-electron chi connectivity index (χ1n) is 5.17. The van der Waals surface area contributed by atoms with Crippen LogP contribution in [-0.2, 0) is 9.59 Å². The van der Waals surface area contributed by atoms with Gasteiger partial charge in [-0.15, -0.1) is 0 Å². The molecule has 1 aliphatic rings. The topological polar surface area (TPSA) is 37.4 Å². The number of halogens is 1. The molecule has 2 amide bonds. The Labute approximate surface area is 103 Å². The molecule has 0 saturated carbocycles. The van der Waals surface area contributed by atoms with Gasteiger partial charge in [-0.1, -0.05) is 28.1 Å². The van der Waals surface area contributed by atoms with E-state index in [1.807, 2.05) is 24.3 Å². The normalized spacial score (nSPS) is 20.2. The first-order chi connectivity index (χ1) is 7.59. The summed E-state index contributed by atoms with van der Waals surface area (Å²) in [6, 6.07) is 7.66. The van der Waals surface area contributed by atoms with Crippen LogP contribution in [0.3, 0.4) is 0 Å². The molecule has 1 aromatic rings. The third-order valence-corrected chi connectivity index (χ3v) is 3.33. The molecule has 0 spiro atoms. The van der Waals surface area contributed by atoms with E-state index in [0.29, 0.717) is 6.42 Å². The number of benzene rings is 1. The highest BCUT2D eigenvalue weighted by molar-refractivity contribution is 9.10. The molecule has 1 aromatic carbocycles. The SMILES string of the molecule is CC(=O)N1C(=O)CC[C@@H]1c1ccc(Br)cc1. The van der Waals surface area contributed by atoms with Crippen molar-refractivity contribution in [2.45, 2.75) is 25.8 Å². The molecule has 1 fully saturated rings. The number of carbonyl (C=O) groups excluding carboxylic acids is 2. The van der Waals surface area contributed by atoms with Crippen molar-refractivity contribution in [3.05, 3.63) is 34.3 Å². The fourth-order valence-corrected chi connectivity index (χ4v) is 2.34. The van der Waals surface area contributed by atoms with Gasteiger partial charge in [-0.2, -0.15) is 0 Å². The second kappa shape index (κ2) is 4.37. The molecular formula is C12H12BrNO2. The molecule has 1 heterocycles. The highest BCUT2D eigenvalue weighted by atomic mass is 79.9. The van der Waals surface area contributed by atoms with Crippen molar-refractivity contribution in [2.24, 2.45) is 0 Å². The molecule has 0 radical (unpaired) electrons. The molecule has 84 valence electrons. The molecule has 0 aliphatic carbocycles. The van der Waals surface area contributed by atoms with Crippen molar-refractivity contribution in [1.29, 1.82) is 0 Å². The summed E-state index contributed by atoms with van der Waals surface area (Å²) in [4.78, 5) is 24.3. The molecule has 0 N–H and O–H groups in total. The maximum atomic E-state index is 11.6. The molecule has 16 heavy (non-hydrogen) atoms. The zero-order chi connectivity index (χ0) is 11.7. The van der Waals surface area contributed by atoms with E-state index in [4.69, 9.17) is 0 Å². The third-order valence-electron chi connectivity index (χ3n) is 2.81. The average Bonchev–Trinajstić information content (AvgIpc) is 2.61. The zero-order valence-electron chi connectivity index (χ0n) is 8.94. The van der Waals surface area contributed by atoms with Gasteiger partial charge in [0.15, 0.2) is 0 Å². The summed E-state index contributed by atoms with van der Waals surface area (Å²) in [7, 11) is 0. The fourth-order valence-electron chi connectivity index (χ4n) is 2.08. The van der Waals surface area contributed by atoms with E-state index < -0.39 is 0 Å². The van der Waals surface area contributed by atoms with Gasteiger partial charge < -0.3 is 0 Å². The molecular weight excluding hydrogens is 270 g/mol. The molecule has 1 aliphatic heterocycles. The van der Waals surface area contributed by atoms with E-state index >= 15 is 0 Å². The van der Waals surface area contributed by atoms with E-state index in [-0.39, 0.29) is 17.9 Å². The maximum absolute atomic E-state index is 11.6. The molecule has 0 bridgehead atoms. The molecule has 2 rings (SSSR count). The van der Waals surface area contributed by atoms with Crippen LogP contribution in [-0.4, -0.2) is 16.7 Å². The summed E-state index contributed by atoms with van der Waals surface area (Å²) in [6.07, 6.45) is 1.18. The van der Waals surface area contributed by atoms with Crippen LogP contribution in [0.25, 0.3) is 0 Å². The first kappa shape index (κ1) is 11.3. The van der Waals surface area contributed by atoms with E-state index in [9.17, 15) is 9.59 Å². The number of hydrogen-bond donors (Lipinski definition) is 0. The number of amides is 2. The predicted molar refractivity (Wildman–Crippen MR) is 63.6 cm³/mol. The van der Waals surface area contributed by atoms with Crippen LogP contribution >= 0.6 is 15.9 Å². The lowest BCUT2D eigenvalue weighted by Crippen LogP contribution is -2.32. The van der Waals surface area contributed by atoms with Gasteiger partial charge in [-0.05, 0) is 24.1 Å². The standard InChI is InChI=1S/C12H12BrNO2/c1-8(15)14-11(6-7-12(14)16)9-2-4-10(13)5-3-9/h2-5,11H,6-7H2,1H3/t11-/m1/s1. The fraction of sp³-hybridized carbons (Fsp3) is 0.333. The Kier molecular flexibility index (Phi) is 3.10. The second-order valence-electron chi connectivity index (χ2n) is 3.89. The van der Waals surface area contributed by atoms with Crippen LogP contribution in [0.5, 0.6) is 0 Å². The van der Waals surface area contributed by atoms with Gasteiger partial charge in [0.25, 0.3) is 0 Å². The Morgan fingerprint density at radius 3 is 2.56 bits per heavy atom. The Balaban J connectivity index is 2.30. The minimum atomic E-state index is -0.171. The number of nitrogens with zero attached hydrogens (tertiary/aromatic N) is 1. The monoisotopic (exact) mass is 281 g/mol. The van der Waals surface area contributed by atoms with Crippen LogP contribution in [0.2, 0.25) is 0 Å². The minimum absolute atomic E-state index is 0.0691. The van der Waals surface area contributed by atoms with Gasteiger partial charge in [0.05, 0.1) is 6.04 Å². The first-order valence-corrected chi connectivity index (χ1v) is 5.97.